The van der Waals surface area contributed by atoms with E-state index in [1.165, 1.54) is 0 Å². The Morgan fingerprint density at radius 3 is 2.65 bits per heavy atom. The molecule has 0 radical (unpaired) electrons. The lowest BCUT2D eigenvalue weighted by molar-refractivity contribution is -0.136. The topological polar surface area (TPSA) is 29.5 Å². The van der Waals surface area contributed by atoms with E-state index in [0.717, 1.165) is 10.0 Å². The highest BCUT2D eigenvalue weighted by atomic mass is 79.9. The van der Waals surface area contributed by atoms with E-state index >= 15 is 0 Å². The van der Waals surface area contributed by atoms with Crippen LogP contribution in [0, 0.1) is 0 Å². The lowest BCUT2D eigenvalue weighted by atomic mass is 10.2. The fraction of sp³-hybridized carbons (Fsp3) is 0.462. The number of likely N-dealkylation sites (N-methyl/N-ethyl adjacent to an activating group) is 1. The van der Waals surface area contributed by atoms with Gasteiger partial charge in [-0.05, 0) is 25.5 Å². The maximum atomic E-state index is 11.7. The second-order valence-corrected chi connectivity index (χ2v) is 5.06. The Morgan fingerprint density at radius 1 is 1.41 bits per heavy atom. The molecule has 0 bridgehead atoms. The summed E-state index contributed by atoms with van der Waals surface area (Å²) in [4.78, 5) is 13.4. The SMILES string of the molecule is CC(C)OCC(=O)N(C)Cc1ccccc1Br. The summed E-state index contributed by atoms with van der Waals surface area (Å²) in [5.74, 6) is -0.00514. The van der Waals surface area contributed by atoms with Crippen LogP contribution < -0.4 is 0 Å². The van der Waals surface area contributed by atoms with Crippen molar-refractivity contribution >= 4 is 21.8 Å². The zero-order chi connectivity index (χ0) is 12.8. The molecule has 0 aliphatic carbocycles. The van der Waals surface area contributed by atoms with Crippen molar-refractivity contribution in [2.24, 2.45) is 0 Å². The number of nitrogens with zero attached hydrogens (tertiary/aromatic N) is 1. The number of carbonyl (C=O) groups is 1. The van der Waals surface area contributed by atoms with Crippen LogP contribution in [0.15, 0.2) is 28.7 Å². The van der Waals surface area contributed by atoms with E-state index in [2.05, 4.69) is 15.9 Å². The third-order valence-corrected chi connectivity index (χ3v) is 3.10. The van der Waals surface area contributed by atoms with Crippen LogP contribution in [0.1, 0.15) is 19.4 Å². The van der Waals surface area contributed by atoms with Crippen molar-refractivity contribution < 1.29 is 9.53 Å². The summed E-state index contributed by atoms with van der Waals surface area (Å²) in [5.41, 5.74) is 1.09. The fourth-order valence-corrected chi connectivity index (χ4v) is 1.73. The fourth-order valence-electron chi connectivity index (χ4n) is 1.32. The minimum Gasteiger partial charge on any atom is -0.369 e. The molecule has 0 heterocycles. The molecule has 0 aromatic heterocycles. The van der Waals surface area contributed by atoms with Gasteiger partial charge in [-0.1, -0.05) is 34.1 Å². The van der Waals surface area contributed by atoms with Crippen LogP contribution in [-0.4, -0.2) is 30.6 Å². The third-order valence-electron chi connectivity index (χ3n) is 2.33. The van der Waals surface area contributed by atoms with Crippen molar-refractivity contribution in [1.29, 1.82) is 0 Å². The highest BCUT2D eigenvalue weighted by molar-refractivity contribution is 9.10. The van der Waals surface area contributed by atoms with Crippen LogP contribution in [0.4, 0.5) is 0 Å². The smallest absolute Gasteiger partial charge is 0.248 e. The van der Waals surface area contributed by atoms with Crippen LogP contribution >= 0.6 is 15.9 Å². The molecular formula is C13H18BrNO2. The summed E-state index contributed by atoms with van der Waals surface area (Å²) in [6.07, 6.45) is 0.0795. The molecular weight excluding hydrogens is 282 g/mol. The Bertz CT molecular complexity index is 379. The van der Waals surface area contributed by atoms with Crippen molar-refractivity contribution in [1.82, 2.24) is 4.90 Å². The first-order valence-electron chi connectivity index (χ1n) is 5.59. The summed E-state index contributed by atoms with van der Waals surface area (Å²) in [5, 5.41) is 0. The molecule has 0 fully saturated rings. The predicted molar refractivity (Wildman–Crippen MR) is 71.7 cm³/mol. The molecule has 0 saturated carbocycles. The average molecular weight is 300 g/mol. The molecule has 0 aliphatic heterocycles. The van der Waals surface area contributed by atoms with Crippen LogP contribution in [-0.2, 0) is 16.1 Å². The van der Waals surface area contributed by atoms with Gasteiger partial charge in [0.05, 0.1) is 6.10 Å². The molecule has 0 saturated heterocycles. The first-order valence-corrected chi connectivity index (χ1v) is 6.39. The summed E-state index contributed by atoms with van der Waals surface area (Å²) in [7, 11) is 1.78. The zero-order valence-corrected chi connectivity index (χ0v) is 12.0. The highest BCUT2D eigenvalue weighted by Gasteiger charge is 2.11. The van der Waals surface area contributed by atoms with Gasteiger partial charge in [-0.2, -0.15) is 0 Å². The molecule has 4 heteroatoms. The number of ether oxygens (including phenoxy) is 1. The number of benzene rings is 1. The molecule has 3 nitrogen and oxygen atoms in total. The van der Waals surface area contributed by atoms with Crippen LogP contribution in [0.5, 0.6) is 0 Å². The van der Waals surface area contributed by atoms with E-state index in [1.54, 1.807) is 11.9 Å². The Hall–Kier alpha value is -0.870. The number of rotatable bonds is 5. The van der Waals surface area contributed by atoms with E-state index < -0.39 is 0 Å². The highest BCUT2D eigenvalue weighted by Crippen LogP contribution is 2.17. The minimum atomic E-state index is -0.00514. The molecule has 0 spiro atoms. The Labute approximate surface area is 111 Å². The van der Waals surface area contributed by atoms with Gasteiger partial charge in [0, 0.05) is 18.1 Å². The second kappa shape index (κ2) is 6.77. The molecule has 1 aromatic rings. The molecule has 94 valence electrons. The first-order chi connectivity index (χ1) is 8.00. The lowest BCUT2D eigenvalue weighted by Gasteiger charge is -2.18. The molecule has 1 rings (SSSR count). The second-order valence-electron chi connectivity index (χ2n) is 4.20. The van der Waals surface area contributed by atoms with Gasteiger partial charge < -0.3 is 9.64 Å². The monoisotopic (exact) mass is 299 g/mol. The Balaban J connectivity index is 2.51. The van der Waals surface area contributed by atoms with Crippen LogP contribution in [0.3, 0.4) is 0 Å². The Morgan fingerprint density at radius 2 is 2.06 bits per heavy atom. The predicted octanol–water partition coefficient (Wildman–Crippen LogP) is 2.83. The van der Waals surface area contributed by atoms with Crippen molar-refractivity contribution in [3.05, 3.63) is 34.3 Å². The molecule has 17 heavy (non-hydrogen) atoms. The van der Waals surface area contributed by atoms with Gasteiger partial charge in [0.2, 0.25) is 5.91 Å². The molecule has 0 atom stereocenters. The summed E-state index contributed by atoms with van der Waals surface area (Å²) in [6.45, 7) is 4.56. The van der Waals surface area contributed by atoms with Crippen LogP contribution in [0.2, 0.25) is 0 Å². The number of halogens is 1. The largest absolute Gasteiger partial charge is 0.369 e. The van der Waals surface area contributed by atoms with Gasteiger partial charge in [0.1, 0.15) is 6.61 Å². The standard InChI is InChI=1S/C13H18BrNO2/c1-10(2)17-9-13(16)15(3)8-11-6-4-5-7-12(11)14/h4-7,10H,8-9H2,1-3H3. The lowest BCUT2D eigenvalue weighted by Crippen LogP contribution is -2.30. The number of amides is 1. The van der Waals surface area contributed by atoms with Gasteiger partial charge >= 0.3 is 0 Å². The molecule has 1 amide bonds. The van der Waals surface area contributed by atoms with Crippen molar-refractivity contribution in [3.63, 3.8) is 0 Å². The van der Waals surface area contributed by atoms with Gasteiger partial charge in [0.25, 0.3) is 0 Å². The quantitative estimate of drug-likeness (QED) is 0.837. The van der Waals surface area contributed by atoms with Crippen molar-refractivity contribution in [2.45, 2.75) is 26.5 Å². The maximum Gasteiger partial charge on any atom is 0.248 e. The van der Waals surface area contributed by atoms with E-state index in [-0.39, 0.29) is 18.6 Å². The molecule has 0 N–H and O–H groups in total. The third kappa shape index (κ3) is 4.88. The average Bonchev–Trinajstić information content (AvgIpc) is 2.28. The van der Waals surface area contributed by atoms with Gasteiger partial charge in [-0.3, -0.25) is 4.79 Å². The molecule has 0 aliphatic rings. The van der Waals surface area contributed by atoms with Crippen molar-refractivity contribution in [3.8, 4) is 0 Å². The van der Waals surface area contributed by atoms with E-state index in [9.17, 15) is 4.79 Å². The minimum absolute atomic E-state index is 0.00514. The zero-order valence-electron chi connectivity index (χ0n) is 10.4. The van der Waals surface area contributed by atoms with Gasteiger partial charge in [0.15, 0.2) is 0 Å². The number of hydrogen-bond donors (Lipinski definition) is 0. The van der Waals surface area contributed by atoms with E-state index in [0.29, 0.717) is 6.54 Å². The maximum absolute atomic E-state index is 11.7. The summed E-state index contributed by atoms with van der Waals surface area (Å²) >= 11 is 3.47. The molecule has 1 aromatic carbocycles. The van der Waals surface area contributed by atoms with E-state index in [1.807, 2.05) is 38.1 Å². The summed E-state index contributed by atoms with van der Waals surface area (Å²) < 4.78 is 6.31. The van der Waals surface area contributed by atoms with Crippen molar-refractivity contribution in [2.75, 3.05) is 13.7 Å². The molecule has 0 unspecified atom stereocenters. The normalized spacial score (nSPS) is 10.6. The number of hydrogen-bond acceptors (Lipinski definition) is 2. The van der Waals surface area contributed by atoms with Crippen LogP contribution in [0.25, 0.3) is 0 Å². The van der Waals surface area contributed by atoms with Gasteiger partial charge in [-0.25, -0.2) is 0 Å². The van der Waals surface area contributed by atoms with Gasteiger partial charge in [-0.15, -0.1) is 0 Å². The van der Waals surface area contributed by atoms with E-state index in [4.69, 9.17) is 4.74 Å². The Kier molecular flexibility index (Phi) is 5.65. The number of carbonyl (C=O) groups excluding carboxylic acids is 1. The first kappa shape index (κ1) is 14.2. The summed E-state index contributed by atoms with van der Waals surface area (Å²) in [6, 6.07) is 7.88.